The molecule has 0 fully saturated rings. The molecule has 3 heterocycles. The number of rotatable bonds is 5. The van der Waals surface area contributed by atoms with E-state index in [0.717, 1.165) is 16.0 Å². The topological polar surface area (TPSA) is 79.7 Å². The monoisotopic (exact) mass is 448 g/mol. The molecule has 8 heteroatoms. The number of aromatic nitrogens is 2. The van der Waals surface area contributed by atoms with E-state index in [1.54, 1.807) is 25.4 Å². The van der Waals surface area contributed by atoms with Crippen molar-refractivity contribution in [1.29, 1.82) is 0 Å². The predicted octanol–water partition coefficient (Wildman–Crippen LogP) is 4.22. The fraction of sp³-hybridized carbons (Fsp3) is 0.208. The van der Waals surface area contributed by atoms with Gasteiger partial charge >= 0.3 is 5.97 Å². The number of nitrogens with zero attached hydrogens (tertiary/aromatic N) is 2. The Morgan fingerprint density at radius 3 is 2.88 bits per heavy atom. The number of esters is 1. The van der Waals surface area contributed by atoms with Crippen LogP contribution in [0.4, 0.5) is 0 Å². The molecule has 162 valence electrons. The first-order valence-electron chi connectivity index (χ1n) is 10.2. The molecule has 2 aromatic carbocycles. The Balaban J connectivity index is 1.55. The largest absolute Gasteiger partial charge is 0.467 e. The van der Waals surface area contributed by atoms with Crippen LogP contribution in [0, 0.1) is 0 Å². The average molecular weight is 449 g/mol. The van der Waals surface area contributed by atoms with Gasteiger partial charge in [0.1, 0.15) is 10.6 Å². The smallest absolute Gasteiger partial charge is 0.338 e. The van der Waals surface area contributed by atoms with E-state index in [1.165, 1.54) is 15.9 Å². The maximum atomic E-state index is 13.2. The molecule has 0 saturated heterocycles. The van der Waals surface area contributed by atoms with Crippen molar-refractivity contribution in [3.63, 3.8) is 0 Å². The molecule has 0 spiro atoms. The second-order valence-electron chi connectivity index (χ2n) is 7.33. The summed E-state index contributed by atoms with van der Waals surface area (Å²) in [5.74, 6) is 0.208. The lowest BCUT2D eigenvalue weighted by atomic mass is 10.0. The fourth-order valence-corrected chi connectivity index (χ4v) is 4.74. The lowest BCUT2D eigenvalue weighted by Gasteiger charge is -2.22. The number of benzene rings is 2. The van der Waals surface area contributed by atoms with Gasteiger partial charge in [0.05, 0.1) is 37.0 Å². The molecular weight excluding hydrogens is 428 g/mol. The highest BCUT2D eigenvalue weighted by Gasteiger charge is 2.21. The van der Waals surface area contributed by atoms with E-state index in [9.17, 15) is 9.59 Å². The van der Waals surface area contributed by atoms with Gasteiger partial charge in [-0.1, -0.05) is 30.3 Å². The van der Waals surface area contributed by atoms with Gasteiger partial charge in [0.25, 0.3) is 5.56 Å². The van der Waals surface area contributed by atoms with Gasteiger partial charge in [0.15, 0.2) is 6.79 Å². The molecule has 0 saturated carbocycles. The van der Waals surface area contributed by atoms with Crippen molar-refractivity contribution >= 4 is 27.5 Å². The van der Waals surface area contributed by atoms with Gasteiger partial charge < -0.3 is 14.2 Å². The molecule has 0 N–H and O–H groups in total. The van der Waals surface area contributed by atoms with E-state index < -0.39 is 5.97 Å². The van der Waals surface area contributed by atoms with E-state index in [1.807, 2.05) is 36.4 Å². The normalized spacial score (nSPS) is 12.9. The van der Waals surface area contributed by atoms with E-state index in [-0.39, 0.29) is 25.5 Å². The van der Waals surface area contributed by atoms with Crippen LogP contribution < -0.4 is 10.3 Å². The molecule has 7 nitrogen and oxygen atoms in total. The minimum Gasteiger partial charge on any atom is -0.467 e. The Bertz CT molecular complexity index is 1360. The average Bonchev–Trinajstić information content (AvgIpc) is 3.27. The van der Waals surface area contributed by atoms with Gasteiger partial charge in [-0.2, -0.15) is 0 Å². The number of ether oxygens (including phenoxy) is 3. The van der Waals surface area contributed by atoms with Crippen molar-refractivity contribution < 1.29 is 19.0 Å². The Labute approximate surface area is 187 Å². The van der Waals surface area contributed by atoms with Crippen LogP contribution in [0.3, 0.4) is 0 Å². The summed E-state index contributed by atoms with van der Waals surface area (Å²) in [7, 11) is 0. The Kier molecular flexibility index (Phi) is 5.46. The number of thiophene rings is 1. The molecular formula is C24H20N2O5S. The van der Waals surface area contributed by atoms with Gasteiger partial charge in [-0.15, -0.1) is 11.3 Å². The van der Waals surface area contributed by atoms with Crippen molar-refractivity contribution in [3.05, 3.63) is 81.9 Å². The number of fused-ring (bicyclic) bond motifs is 2. The molecule has 5 rings (SSSR count). The van der Waals surface area contributed by atoms with Crippen LogP contribution in [0.25, 0.3) is 20.7 Å². The van der Waals surface area contributed by atoms with Crippen LogP contribution >= 0.6 is 11.3 Å². The number of carbonyl (C=O) groups excluding carboxylic acids is 1. The molecule has 0 unspecified atom stereocenters. The molecule has 1 aliphatic heterocycles. The highest BCUT2D eigenvalue weighted by molar-refractivity contribution is 7.21. The summed E-state index contributed by atoms with van der Waals surface area (Å²) in [5.41, 5.74) is 2.76. The van der Waals surface area contributed by atoms with Crippen LogP contribution in [0.1, 0.15) is 28.4 Å². The van der Waals surface area contributed by atoms with Crippen molar-refractivity contribution in [2.24, 2.45) is 0 Å². The summed E-state index contributed by atoms with van der Waals surface area (Å²) in [6.45, 7) is 2.70. The van der Waals surface area contributed by atoms with Crippen LogP contribution in [-0.4, -0.2) is 28.9 Å². The summed E-state index contributed by atoms with van der Waals surface area (Å²) in [6.07, 6.45) is 1.54. The van der Waals surface area contributed by atoms with Gasteiger partial charge in [-0.25, -0.2) is 9.78 Å². The molecule has 0 atom stereocenters. The van der Waals surface area contributed by atoms with Gasteiger partial charge in [0, 0.05) is 16.0 Å². The van der Waals surface area contributed by atoms with Crippen molar-refractivity contribution in [3.8, 4) is 16.2 Å². The third-order valence-corrected chi connectivity index (χ3v) is 6.31. The fourth-order valence-electron chi connectivity index (χ4n) is 3.75. The molecule has 0 radical (unpaired) electrons. The lowest BCUT2D eigenvalue weighted by molar-refractivity contribution is -0.0171. The SMILES string of the molecule is CCOC(=O)c1cc2c(c(Cn3cnc4sc(-c5ccccc5)cc4c3=O)c1)OCOC2. The standard InChI is InChI=1S/C24H20N2O5S/c1-2-30-24(28)16-8-17(21-18(9-16)12-29-14-31-21)11-26-13-25-22-19(23(26)27)10-20(32-22)15-6-4-3-5-7-15/h3-10,13H,2,11-12,14H2,1H3. The molecule has 1 aliphatic rings. The summed E-state index contributed by atoms with van der Waals surface area (Å²) < 4.78 is 17.8. The second-order valence-corrected chi connectivity index (χ2v) is 8.36. The zero-order valence-electron chi connectivity index (χ0n) is 17.4. The Hall–Kier alpha value is -3.49. The first-order valence-corrected chi connectivity index (χ1v) is 11.0. The Morgan fingerprint density at radius 1 is 1.22 bits per heavy atom. The predicted molar refractivity (Wildman–Crippen MR) is 121 cm³/mol. The molecule has 0 amide bonds. The molecule has 0 bridgehead atoms. The van der Waals surface area contributed by atoms with Crippen molar-refractivity contribution in [2.75, 3.05) is 13.4 Å². The van der Waals surface area contributed by atoms with Gasteiger partial charge in [-0.05, 0) is 30.7 Å². The van der Waals surface area contributed by atoms with Gasteiger partial charge in [0.2, 0.25) is 0 Å². The molecule has 4 aromatic rings. The summed E-state index contributed by atoms with van der Waals surface area (Å²) >= 11 is 1.49. The first-order chi connectivity index (χ1) is 15.6. The van der Waals surface area contributed by atoms with Gasteiger partial charge in [-0.3, -0.25) is 9.36 Å². The second kappa shape index (κ2) is 8.57. The third kappa shape index (κ3) is 3.79. The van der Waals surface area contributed by atoms with E-state index >= 15 is 0 Å². The molecule has 2 aromatic heterocycles. The molecule has 0 aliphatic carbocycles. The number of carbonyl (C=O) groups is 1. The zero-order valence-corrected chi connectivity index (χ0v) is 18.2. The number of hydrogen-bond donors (Lipinski definition) is 0. The van der Waals surface area contributed by atoms with Crippen LogP contribution in [0.2, 0.25) is 0 Å². The lowest BCUT2D eigenvalue weighted by Crippen LogP contribution is -2.22. The van der Waals surface area contributed by atoms with Crippen LogP contribution in [-0.2, 0) is 22.6 Å². The minimum absolute atomic E-state index is 0.121. The Morgan fingerprint density at radius 2 is 2.06 bits per heavy atom. The number of hydrogen-bond acceptors (Lipinski definition) is 7. The van der Waals surface area contributed by atoms with Crippen LogP contribution in [0.15, 0.2) is 59.7 Å². The van der Waals surface area contributed by atoms with Crippen molar-refractivity contribution in [2.45, 2.75) is 20.1 Å². The van der Waals surface area contributed by atoms with E-state index in [4.69, 9.17) is 14.2 Å². The highest BCUT2D eigenvalue weighted by atomic mass is 32.1. The minimum atomic E-state index is -0.423. The summed E-state index contributed by atoms with van der Waals surface area (Å²) in [5, 5.41) is 0.566. The third-order valence-electron chi connectivity index (χ3n) is 5.22. The van der Waals surface area contributed by atoms with Crippen molar-refractivity contribution in [1.82, 2.24) is 9.55 Å². The summed E-state index contributed by atoms with van der Waals surface area (Å²) in [6, 6.07) is 15.2. The van der Waals surface area contributed by atoms with E-state index in [0.29, 0.717) is 33.7 Å². The zero-order chi connectivity index (χ0) is 22.1. The maximum Gasteiger partial charge on any atom is 0.338 e. The molecule has 32 heavy (non-hydrogen) atoms. The quantitative estimate of drug-likeness (QED) is 0.426. The van der Waals surface area contributed by atoms with E-state index in [2.05, 4.69) is 4.98 Å². The maximum absolute atomic E-state index is 13.2. The van der Waals surface area contributed by atoms with Crippen LogP contribution in [0.5, 0.6) is 5.75 Å². The highest BCUT2D eigenvalue weighted by Crippen LogP contribution is 2.32. The first kappa shape index (κ1) is 20.4. The summed E-state index contributed by atoms with van der Waals surface area (Å²) in [4.78, 5) is 31.8.